The van der Waals surface area contributed by atoms with Crippen molar-refractivity contribution in [3.05, 3.63) is 46.7 Å². The van der Waals surface area contributed by atoms with E-state index in [1.165, 1.54) is 5.56 Å². The number of pyridine rings is 1. The van der Waals surface area contributed by atoms with E-state index in [9.17, 15) is 0 Å². The fourth-order valence-corrected chi connectivity index (χ4v) is 1.61. The van der Waals surface area contributed by atoms with E-state index >= 15 is 0 Å². The van der Waals surface area contributed by atoms with Gasteiger partial charge in [-0.05, 0) is 33.6 Å². The number of hydrogen-bond donors (Lipinski definition) is 0. The lowest BCUT2D eigenvalue weighted by Gasteiger charge is -1.98. The summed E-state index contributed by atoms with van der Waals surface area (Å²) in [4.78, 5) is 8.28. The number of halogens is 1. The van der Waals surface area contributed by atoms with Crippen molar-refractivity contribution in [2.75, 3.05) is 0 Å². The maximum Gasteiger partial charge on any atom is 0.108 e. The average Bonchev–Trinajstić information content (AvgIpc) is 2.52. The molecule has 0 aliphatic heterocycles. The number of rotatable bonds is 2. The fraction of sp³-hybridized carbons (Fsp3) is 0.200. The lowest BCUT2D eigenvalue weighted by atomic mass is 10.2. The predicted octanol–water partition coefficient (Wildman–Crippen LogP) is 2.17. The summed E-state index contributed by atoms with van der Waals surface area (Å²) in [6.07, 6.45) is 6.24. The zero-order valence-electron chi connectivity index (χ0n) is 7.81. The molecule has 72 valence electrons. The Morgan fingerprint density at radius 1 is 1.36 bits per heavy atom. The van der Waals surface area contributed by atoms with Gasteiger partial charge in [0.15, 0.2) is 0 Å². The van der Waals surface area contributed by atoms with Gasteiger partial charge in [0, 0.05) is 25.9 Å². The molecule has 0 fully saturated rings. The molecule has 2 aromatic heterocycles. The van der Waals surface area contributed by atoms with Crippen LogP contribution in [0.25, 0.3) is 0 Å². The number of hydrogen-bond acceptors (Lipinski definition) is 2. The van der Waals surface area contributed by atoms with Crippen LogP contribution >= 0.6 is 15.9 Å². The summed E-state index contributed by atoms with van der Waals surface area (Å²) in [5.74, 6) is 0. The van der Waals surface area contributed by atoms with Crippen molar-refractivity contribution in [2.45, 2.75) is 6.42 Å². The van der Waals surface area contributed by atoms with E-state index in [-0.39, 0.29) is 0 Å². The molecule has 0 radical (unpaired) electrons. The maximum atomic E-state index is 4.31. The first kappa shape index (κ1) is 9.40. The number of aryl methyl sites for hydroxylation is 1. The molecule has 2 rings (SSSR count). The standard InChI is InChI=1S/C10H10BrN3/c1-14-7-13-9(10(14)11)6-8-2-4-12-5-3-8/h2-5,7H,6H2,1H3. The Morgan fingerprint density at radius 3 is 2.64 bits per heavy atom. The molecule has 2 aromatic rings. The van der Waals surface area contributed by atoms with E-state index in [0.717, 1.165) is 16.7 Å². The molecule has 0 saturated heterocycles. The Morgan fingerprint density at radius 2 is 2.07 bits per heavy atom. The van der Waals surface area contributed by atoms with E-state index in [2.05, 4.69) is 25.9 Å². The third kappa shape index (κ3) is 1.85. The van der Waals surface area contributed by atoms with Crippen LogP contribution in [-0.2, 0) is 13.5 Å². The normalized spacial score (nSPS) is 10.4. The molecule has 0 unspecified atom stereocenters. The second-order valence-corrected chi connectivity index (χ2v) is 3.88. The molecule has 0 N–H and O–H groups in total. The van der Waals surface area contributed by atoms with Crippen molar-refractivity contribution in [3.8, 4) is 0 Å². The second-order valence-electron chi connectivity index (χ2n) is 3.13. The highest BCUT2D eigenvalue weighted by Gasteiger charge is 2.05. The predicted molar refractivity (Wildman–Crippen MR) is 58.0 cm³/mol. The summed E-state index contributed by atoms with van der Waals surface area (Å²) >= 11 is 3.49. The molecule has 0 aliphatic rings. The van der Waals surface area contributed by atoms with E-state index < -0.39 is 0 Å². The number of aromatic nitrogens is 3. The van der Waals surface area contributed by atoms with Crippen LogP contribution in [-0.4, -0.2) is 14.5 Å². The molecule has 0 amide bonds. The van der Waals surface area contributed by atoms with Crippen LogP contribution in [0.2, 0.25) is 0 Å². The largest absolute Gasteiger partial charge is 0.328 e. The van der Waals surface area contributed by atoms with Gasteiger partial charge in [0.2, 0.25) is 0 Å². The van der Waals surface area contributed by atoms with Gasteiger partial charge >= 0.3 is 0 Å². The molecule has 0 atom stereocenters. The van der Waals surface area contributed by atoms with E-state index in [0.29, 0.717) is 0 Å². The topological polar surface area (TPSA) is 30.7 Å². The summed E-state index contributed by atoms with van der Waals surface area (Å²) in [6.45, 7) is 0. The SMILES string of the molecule is Cn1cnc(Cc2ccncc2)c1Br. The van der Waals surface area contributed by atoms with Crippen LogP contribution in [0.4, 0.5) is 0 Å². The Bertz CT molecular complexity index is 422. The minimum atomic E-state index is 0.837. The van der Waals surface area contributed by atoms with Crippen molar-refractivity contribution in [1.29, 1.82) is 0 Å². The quantitative estimate of drug-likeness (QED) is 0.820. The first-order chi connectivity index (χ1) is 6.77. The summed E-state index contributed by atoms with van der Waals surface area (Å²) in [6, 6.07) is 4.00. The van der Waals surface area contributed by atoms with Crippen LogP contribution in [0.1, 0.15) is 11.3 Å². The molecule has 14 heavy (non-hydrogen) atoms. The third-order valence-corrected chi connectivity index (χ3v) is 3.07. The highest BCUT2D eigenvalue weighted by atomic mass is 79.9. The van der Waals surface area contributed by atoms with Gasteiger partial charge in [-0.1, -0.05) is 0 Å². The van der Waals surface area contributed by atoms with Crippen molar-refractivity contribution >= 4 is 15.9 Å². The maximum absolute atomic E-state index is 4.31. The average molecular weight is 252 g/mol. The molecule has 0 bridgehead atoms. The number of nitrogens with zero attached hydrogens (tertiary/aromatic N) is 3. The van der Waals surface area contributed by atoms with Gasteiger partial charge in [-0.3, -0.25) is 4.98 Å². The van der Waals surface area contributed by atoms with Gasteiger partial charge in [0.1, 0.15) is 4.60 Å². The van der Waals surface area contributed by atoms with Gasteiger partial charge in [0.05, 0.1) is 12.0 Å². The summed E-state index contributed by atoms with van der Waals surface area (Å²) < 4.78 is 2.99. The monoisotopic (exact) mass is 251 g/mol. The molecular formula is C10H10BrN3. The van der Waals surface area contributed by atoms with Crippen LogP contribution in [0, 0.1) is 0 Å². The van der Waals surface area contributed by atoms with E-state index in [4.69, 9.17) is 0 Å². The van der Waals surface area contributed by atoms with Gasteiger partial charge in [-0.2, -0.15) is 0 Å². The molecule has 0 aliphatic carbocycles. The fourth-order valence-electron chi connectivity index (χ4n) is 1.28. The zero-order chi connectivity index (χ0) is 9.97. The molecular weight excluding hydrogens is 242 g/mol. The van der Waals surface area contributed by atoms with Gasteiger partial charge in [0.25, 0.3) is 0 Å². The van der Waals surface area contributed by atoms with Crippen molar-refractivity contribution in [2.24, 2.45) is 7.05 Å². The van der Waals surface area contributed by atoms with Gasteiger partial charge < -0.3 is 4.57 Å². The van der Waals surface area contributed by atoms with Crippen molar-refractivity contribution in [3.63, 3.8) is 0 Å². The molecule has 4 heteroatoms. The Kier molecular flexibility index (Phi) is 2.63. The first-order valence-electron chi connectivity index (χ1n) is 4.32. The Hall–Kier alpha value is -1.16. The van der Waals surface area contributed by atoms with E-state index in [1.54, 1.807) is 18.7 Å². The molecule has 3 nitrogen and oxygen atoms in total. The highest BCUT2D eigenvalue weighted by Crippen LogP contribution is 2.17. The molecule has 2 heterocycles. The van der Waals surface area contributed by atoms with Crippen LogP contribution in [0.15, 0.2) is 35.5 Å². The second kappa shape index (κ2) is 3.92. The smallest absolute Gasteiger partial charge is 0.108 e. The number of imidazole rings is 1. The van der Waals surface area contributed by atoms with Crippen molar-refractivity contribution < 1.29 is 0 Å². The van der Waals surface area contributed by atoms with Gasteiger partial charge in [-0.25, -0.2) is 4.98 Å². The van der Waals surface area contributed by atoms with E-state index in [1.807, 2.05) is 23.7 Å². The zero-order valence-corrected chi connectivity index (χ0v) is 9.40. The third-order valence-electron chi connectivity index (χ3n) is 2.06. The van der Waals surface area contributed by atoms with Crippen LogP contribution in [0.5, 0.6) is 0 Å². The minimum Gasteiger partial charge on any atom is -0.328 e. The minimum absolute atomic E-state index is 0.837. The summed E-state index contributed by atoms with van der Waals surface area (Å²) in [5.41, 5.74) is 2.28. The van der Waals surface area contributed by atoms with Gasteiger partial charge in [-0.15, -0.1) is 0 Å². The van der Waals surface area contributed by atoms with Crippen LogP contribution in [0.3, 0.4) is 0 Å². The lowest BCUT2D eigenvalue weighted by Crippen LogP contribution is -1.91. The summed E-state index contributed by atoms with van der Waals surface area (Å²) in [5, 5.41) is 0. The van der Waals surface area contributed by atoms with Crippen molar-refractivity contribution in [1.82, 2.24) is 14.5 Å². The molecule has 0 spiro atoms. The molecule has 0 saturated carbocycles. The molecule has 0 aromatic carbocycles. The lowest BCUT2D eigenvalue weighted by molar-refractivity contribution is 0.887. The highest BCUT2D eigenvalue weighted by molar-refractivity contribution is 9.10. The Balaban J connectivity index is 2.23. The van der Waals surface area contributed by atoms with Crippen LogP contribution < -0.4 is 0 Å². The summed E-state index contributed by atoms with van der Waals surface area (Å²) in [7, 11) is 1.97. The Labute approximate surface area is 90.9 Å². The first-order valence-corrected chi connectivity index (χ1v) is 5.11.